The third kappa shape index (κ3) is 4.07. The molecule has 0 saturated carbocycles. The molecule has 1 saturated heterocycles. The van der Waals surface area contributed by atoms with Gasteiger partial charge in [0.15, 0.2) is 0 Å². The van der Waals surface area contributed by atoms with Crippen molar-refractivity contribution in [2.75, 3.05) is 41.7 Å². The Morgan fingerprint density at radius 3 is 2.29 bits per heavy atom. The molecule has 2 heterocycles. The molecular weight excluding hydrogens is 410 g/mol. The van der Waals surface area contributed by atoms with Gasteiger partial charge in [0.25, 0.3) is 0 Å². The second-order valence-corrected chi connectivity index (χ2v) is 9.85. The molecule has 0 amide bonds. The quantitative estimate of drug-likeness (QED) is 0.670. The van der Waals surface area contributed by atoms with Gasteiger partial charge in [-0.15, -0.1) is 0 Å². The lowest BCUT2D eigenvalue weighted by atomic mass is 10.1. The molecule has 2 N–H and O–H groups in total. The van der Waals surface area contributed by atoms with Crippen molar-refractivity contribution in [3.05, 3.63) is 65.4 Å². The molecule has 1 fully saturated rings. The van der Waals surface area contributed by atoms with E-state index in [-0.39, 0.29) is 15.6 Å². The second-order valence-electron chi connectivity index (χ2n) is 7.93. The van der Waals surface area contributed by atoms with E-state index in [1.807, 2.05) is 17.9 Å². The molecule has 4 rings (SSSR count). The molecule has 8 heteroatoms. The summed E-state index contributed by atoms with van der Waals surface area (Å²) in [6, 6.07) is 13.1. The Morgan fingerprint density at radius 1 is 0.935 bits per heavy atom. The monoisotopic (exact) mass is 437 g/mol. The summed E-state index contributed by atoms with van der Waals surface area (Å²) in [6.07, 6.45) is 1.33. The van der Waals surface area contributed by atoms with Crippen LogP contribution in [0, 0.1) is 20.8 Å². The molecule has 0 radical (unpaired) electrons. The Labute approximate surface area is 183 Å². The van der Waals surface area contributed by atoms with Crippen LogP contribution in [0.15, 0.2) is 58.5 Å². The van der Waals surface area contributed by atoms with Crippen LogP contribution in [-0.4, -0.2) is 44.6 Å². The van der Waals surface area contributed by atoms with Crippen LogP contribution in [0.3, 0.4) is 0 Å². The largest absolute Gasteiger partial charge is 0.382 e. The third-order valence-corrected chi connectivity index (χ3v) is 7.61. The number of piperazine rings is 1. The number of rotatable bonds is 4. The predicted molar refractivity (Wildman–Crippen MR) is 123 cm³/mol. The molecule has 0 spiro atoms. The van der Waals surface area contributed by atoms with E-state index in [9.17, 15) is 8.42 Å². The molecule has 2 aromatic carbocycles. The zero-order valence-corrected chi connectivity index (χ0v) is 18.9. The number of benzene rings is 2. The minimum Gasteiger partial charge on any atom is -0.382 e. The van der Waals surface area contributed by atoms with Gasteiger partial charge in [-0.25, -0.2) is 13.4 Å². The van der Waals surface area contributed by atoms with Crippen molar-refractivity contribution >= 4 is 27.3 Å². The molecule has 7 nitrogen and oxygen atoms in total. The Bertz CT molecular complexity index is 1220. The second kappa shape index (κ2) is 8.19. The van der Waals surface area contributed by atoms with E-state index in [1.165, 1.54) is 23.0 Å². The van der Waals surface area contributed by atoms with Gasteiger partial charge in [-0.1, -0.05) is 24.3 Å². The van der Waals surface area contributed by atoms with Crippen LogP contribution in [0.25, 0.3) is 0 Å². The van der Waals surface area contributed by atoms with Gasteiger partial charge >= 0.3 is 0 Å². The van der Waals surface area contributed by atoms with Crippen molar-refractivity contribution in [2.24, 2.45) is 0 Å². The zero-order chi connectivity index (χ0) is 22.2. The van der Waals surface area contributed by atoms with Gasteiger partial charge in [0.2, 0.25) is 15.8 Å². The number of nitrogens with zero attached hydrogens (tertiary/aromatic N) is 4. The van der Waals surface area contributed by atoms with Crippen LogP contribution in [0.5, 0.6) is 0 Å². The maximum Gasteiger partial charge on any atom is 0.227 e. The molecule has 1 aliphatic rings. The van der Waals surface area contributed by atoms with Gasteiger partial charge in [0.1, 0.15) is 10.7 Å². The first-order valence-corrected chi connectivity index (χ1v) is 11.8. The topological polar surface area (TPSA) is 92.4 Å². The average molecular weight is 438 g/mol. The van der Waals surface area contributed by atoms with Crippen molar-refractivity contribution in [1.82, 2.24) is 9.97 Å². The predicted octanol–water partition coefficient (Wildman–Crippen LogP) is 3.14. The van der Waals surface area contributed by atoms with Crippen molar-refractivity contribution in [2.45, 2.75) is 30.6 Å². The number of hydrogen-bond acceptors (Lipinski definition) is 7. The smallest absolute Gasteiger partial charge is 0.227 e. The summed E-state index contributed by atoms with van der Waals surface area (Å²) in [6.45, 7) is 9.24. The molecule has 0 bridgehead atoms. The maximum absolute atomic E-state index is 13.0. The van der Waals surface area contributed by atoms with Gasteiger partial charge in [-0.2, -0.15) is 4.98 Å². The molecule has 0 aliphatic carbocycles. The molecule has 0 unspecified atom stereocenters. The van der Waals surface area contributed by atoms with Crippen molar-refractivity contribution in [1.29, 1.82) is 0 Å². The van der Waals surface area contributed by atoms with E-state index in [4.69, 9.17) is 5.73 Å². The van der Waals surface area contributed by atoms with E-state index in [0.717, 1.165) is 31.7 Å². The highest BCUT2D eigenvalue weighted by Crippen LogP contribution is 2.28. The number of hydrogen-bond donors (Lipinski definition) is 1. The molecular formula is C23H27N5O2S. The number of aromatic nitrogens is 2. The van der Waals surface area contributed by atoms with E-state index in [2.05, 4.69) is 46.9 Å². The Balaban J connectivity index is 1.52. The summed E-state index contributed by atoms with van der Waals surface area (Å²) in [4.78, 5) is 13.2. The summed E-state index contributed by atoms with van der Waals surface area (Å²) in [7, 11) is -3.77. The highest BCUT2D eigenvalue weighted by Gasteiger charge is 2.25. The van der Waals surface area contributed by atoms with E-state index < -0.39 is 9.84 Å². The zero-order valence-electron chi connectivity index (χ0n) is 18.0. The molecule has 162 valence electrons. The first-order chi connectivity index (χ1) is 14.8. The molecule has 1 aromatic heterocycles. The Morgan fingerprint density at radius 2 is 1.61 bits per heavy atom. The lowest BCUT2D eigenvalue weighted by Crippen LogP contribution is -2.47. The first kappa shape index (κ1) is 21.1. The Hall–Kier alpha value is -3.13. The fraction of sp³-hybridized carbons (Fsp3) is 0.304. The lowest BCUT2D eigenvalue weighted by Gasteiger charge is -2.37. The number of nitrogens with two attached hydrogens (primary N) is 1. The van der Waals surface area contributed by atoms with Gasteiger partial charge in [0.05, 0.1) is 11.1 Å². The summed E-state index contributed by atoms with van der Waals surface area (Å²) >= 11 is 0. The van der Waals surface area contributed by atoms with Crippen LogP contribution in [0.4, 0.5) is 17.5 Å². The third-order valence-electron chi connectivity index (χ3n) is 5.84. The fourth-order valence-electron chi connectivity index (χ4n) is 3.87. The lowest BCUT2D eigenvalue weighted by molar-refractivity contribution is 0.595. The molecule has 1 aliphatic heterocycles. The molecule has 3 aromatic rings. The van der Waals surface area contributed by atoms with E-state index >= 15 is 0 Å². The first-order valence-electron chi connectivity index (χ1n) is 10.3. The van der Waals surface area contributed by atoms with Crippen LogP contribution in [0.2, 0.25) is 0 Å². The van der Waals surface area contributed by atoms with Gasteiger partial charge < -0.3 is 15.5 Å². The van der Waals surface area contributed by atoms with Crippen LogP contribution in [0.1, 0.15) is 16.7 Å². The summed E-state index contributed by atoms with van der Waals surface area (Å²) in [5.74, 6) is 0.435. The summed E-state index contributed by atoms with van der Waals surface area (Å²) in [5.41, 5.74) is 10.8. The maximum atomic E-state index is 13.0. The number of sulfone groups is 1. The summed E-state index contributed by atoms with van der Waals surface area (Å²) in [5, 5.41) is 0. The number of nitrogen functional groups attached to an aromatic ring is 1. The summed E-state index contributed by atoms with van der Waals surface area (Å²) < 4.78 is 25.9. The van der Waals surface area contributed by atoms with Crippen LogP contribution < -0.4 is 15.5 Å². The van der Waals surface area contributed by atoms with Crippen molar-refractivity contribution in [3.8, 4) is 0 Å². The van der Waals surface area contributed by atoms with Gasteiger partial charge in [-0.05, 0) is 55.7 Å². The number of anilines is 3. The SMILES string of the molecule is Cc1cccc(S(=O)(=O)c2cnc(N3CCN(c4cccc(C)c4C)CC3)nc2N)c1. The average Bonchev–Trinajstić information content (AvgIpc) is 2.75. The minimum atomic E-state index is -3.77. The van der Waals surface area contributed by atoms with Crippen molar-refractivity contribution in [3.63, 3.8) is 0 Å². The highest BCUT2D eigenvalue weighted by atomic mass is 32.2. The van der Waals surface area contributed by atoms with Crippen molar-refractivity contribution < 1.29 is 8.42 Å². The van der Waals surface area contributed by atoms with E-state index in [0.29, 0.717) is 5.95 Å². The number of aryl methyl sites for hydroxylation is 2. The Kier molecular flexibility index (Phi) is 5.58. The molecule has 0 atom stereocenters. The van der Waals surface area contributed by atoms with Gasteiger partial charge in [0, 0.05) is 31.9 Å². The normalized spacial score (nSPS) is 14.7. The standard InChI is InChI=1S/C23H27N5O2S/c1-16-6-4-8-19(14-16)31(29,30)21-15-25-23(26-22(21)24)28-12-10-27(11-13-28)20-9-5-7-17(2)18(20)3/h4-9,14-15H,10-13H2,1-3H3,(H2,24,25,26). The van der Waals surface area contributed by atoms with Crippen LogP contribution in [-0.2, 0) is 9.84 Å². The highest BCUT2D eigenvalue weighted by molar-refractivity contribution is 7.91. The van der Waals surface area contributed by atoms with Crippen LogP contribution >= 0.6 is 0 Å². The molecule has 31 heavy (non-hydrogen) atoms. The minimum absolute atomic E-state index is 0.0246. The van der Waals surface area contributed by atoms with E-state index in [1.54, 1.807) is 18.2 Å². The fourth-order valence-corrected chi connectivity index (χ4v) is 5.23. The van der Waals surface area contributed by atoms with Gasteiger partial charge in [-0.3, -0.25) is 0 Å².